The first-order chi connectivity index (χ1) is 13.0. The molecule has 2 aromatic heterocycles. The van der Waals surface area contributed by atoms with E-state index < -0.39 is 6.10 Å². The summed E-state index contributed by atoms with van der Waals surface area (Å²) in [6.45, 7) is 1.90. The number of halogens is 1. The molecule has 1 atom stereocenters. The zero-order chi connectivity index (χ0) is 19.2. The Bertz CT molecular complexity index is 892. The van der Waals surface area contributed by atoms with Crippen molar-refractivity contribution in [1.82, 2.24) is 15.5 Å². The van der Waals surface area contributed by atoms with Crippen molar-refractivity contribution < 1.29 is 23.6 Å². The molecule has 1 aromatic carbocycles. The fraction of sp³-hybridized carbons (Fsp3) is 0.211. The number of rotatable bonds is 7. The summed E-state index contributed by atoms with van der Waals surface area (Å²) in [5.74, 6) is -0.331. The Kier molecular flexibility index (Phi) is 5.77. The number of ether oxygens (including phenoxy) is 1. The maximum atomic E-state index is 13.1. The van der Waals surface area contributed by atoms with E-state index in [2.05, 4.69) is 15.5 Å². The number of nitrogens with one attached hydrogen (secondary N) is 1. The van der Waals surface area contributed by atoms with Crippen LogP contribution in [0.1, 0.15) is 22.8 Å². The van der Waals surface area contributed by atoms with Crippen LogP contribution in [0.15, 0.2) is 53.4 Å². The normalized spacial score (nSPS) is 11.8. The van der Waals surface area contributed by atoms with Crippen LogP contribution in [0.5, 0.6) is 5.88 Å². The van der Waals surface area contributed by atoms with Crippen molar-refractivity contribution in [3.63, 3.8) is 0 Å². The van der Waals surface area contributed by atoms with Crippen molar-refractivity contribution in [3.8, 4) is 17.1 Å². The molecule has 0 aliphatic rings. The van der Waals surface area contributed by atoms with E-state index in [0.717, 1.165) is 0 Å². The van der Waals surface area contributed by atoms with E-state index in [-0.39, 0.29) is 24.9 Å². The molecular weight excluding hydrogens is 353 g/mol. The molecule has 140 valence electrons. The van der Waals surface area contributed by atoms with Gasteiger partial charge in [-0.05, 0) is 37.3 Å². The molecule has 27 heavy (non-hydrogen) atoms. The summed E-state index contributed by atoms with van der Waals surface area (Å²) in [6.07, 6.45) is 2.22. The molecule has 0 saturated carbocycles. The van der Waals surface area contributed by atoms with E-state index in [1.54, 1.807) is 31.2 Å². The lowest BCUT2D eigenvalue weighted by Gasteiger charge is -2.08. The van der Waals surface area contributed by atoms with Crippen molar-refractivity contribution in [3.05, 3.63) is 65.8 Å². The van der Waals surface area contributed by atoms with Gasteiger partial charge in [0.05, 0.1) is 17.2 Å². The number of benzene rings is 1. The SMILES string of the molecule is C[C@@H](O)CNC(=O)c1ccc(OCc2conc2-c2ccc(F)cc2)nc1. The zero-order valence-electron chi connectivity index (χ0n) is 14.6. The van der Waals surface area contributed by atoms with Gasteiger partial charge in [-0.1, -0.05) is 5.16 Å². The molecule has 1 amide bonds. The minimum absolute atomic E-state index is 0.150. The van der Waals surface area contributed by atoms with Crippen LogP contribution in [-0.4, -0.2) is 33.8 Å². The third-order valence-corrected chi connectivity index (χ3v) is 3.69. The molecular formula is C19H18FN3O4. The number of aliphatic hydroxyl groups is 1. The molecule has 2 N–H and O–H groups in total. The average molecular weight is 371 g/mol. The number of nitrogens with zero attached hydrogens (tertiary/aromatic N) is 2. The van der Waals surface area contributed by atoms with Crippen molar-refractivity contribution >= 4 is 5.91 Å². The van der Waals surface area contributed by atoms with Gasteiger partial charge in [-0.25, -0.2) is 9.37 Å². The molecule has 0 aliphatic heterocycles. The highest BCUT2D eigenvalue weighted by molar-refractivity contribution is 5.93. The number of aromatic nitrogens is 2. The molecule has 3 rings (SSSR count). The molecule has 3 aromatic rings. The third kappa shape index (κ3) is 4.89. The molecule has 0 fully saturated rings. The second-order valence-electron chi connectivity index (χ2n) is 5.93. The van der Waals surface area contributed by atoms with E-state index in [0.29, 0.717) is 28.3 Å². The monoisotopic (exact) mass is 371 g/mol. The summed E-state index contributed by atoms with van der Waals surface area (Å²) in [6, 6.07) is 9.05. The van der Waals surface area contributed by atoms with Crippen molar-refractivity contribution in [2.24, 2.45) is 0 Å². The van der Waals surface area contributed by atoms with Crippen molar-refractivity contribution in [2.75, 3.05) is 6.54 Å². The van der Waals surface area contributed by atoms with Gasteiger partial charge in [-0.15, -0.1) is 0 Å². The van der Waals surface area contributed by atoms with Crippen molar-refractivity contribution in [2.45, 2.75) is 19.6 Å². The number of carbonyl (C=O) groups excluding carboxylic acids is 1. The molecule has 2 heterocycles. The highest BCUT2D eigenvalue weighted by Crippen LogP contribution is 2.23. The summed E-state index contributed by atoms with van der Waals surface area (Å²) in [5, 5.41) is 15.7. The quantitative estimate of drug-likeness (QED) is 0.662. The number of hydrogen-bond donors (Lipinski definition) is 2. The van der Waals surface area contributed by atoms with Crippen LogP contribution >= 0.6 is 0 Å². The van der Waals surface area contributed by atoms with Gasteiger partial charge in [0, 0.05) is 24.4 Å². The van der Waals surface area contributed by atoms with Crippen LogP contribution in [0, 0.1) is 5.82 Å². The second-order valence-corrected chi connectivity index (χ2v) is 5.93. The lowest BCUT2D eigenvalue weighted by atomic mass is 10.1. The van der Waals surface area contributed by atoms with E-state index in [9.17, 15) is 14.3 Å². The standard InChI is InChI=1S/C19H18FN3O4/c1-12(24)8-22-19(25)14-4-7-17(21-9-14)26-10-15-11-27-23-18(15)13-2-5-16(20)6-3-13/h2-7,9,11-12,24H,8,10H2,1H3,(H,22,25)/t12-/m1/s1. The molecule has 0 radical (unpaired) electrons. The number of hydrogen-bond acceptors (Lipinski definition) is 6. The van der Waals surface area contributed by atoms with Crippen LogP contribution in [0.2, 0.25) is 0 Å². The number of pyridine rings is 1. The van der Waals surface area contributed by atoms with Crippen LogP contribution in [0.3, 0.4) is 0 Å². The maximum absolute atomic E-state index is 13.1. The van der Waals surface area contributed by atoms with Crippen molar-refractivity contribution in [1.29, 1.82) is 0 Å². The lowest BCUT2D eigenvalue weighted by molar-refractivity contribution is 0.0923. The Hall–Kier alpha value is -3.26. The van der Waals surface area contributed by atoms with Gasteiger partial charge < -0.3 is 19.7 Å². The second kappa shape index (κ2) is 8.41. The molecule has 0 aliphatic carbocycles. The topological polar surface area (TPSA) is 97.5 Å². The Balaban J connectivity index is 1.62. The lowest BCUT2D eigenvalue weighted by Crippen LogP contribution is -2.30. The van der Waals surface area contributed by atoms with Gasteiger partial charge >= 0.3 is 0 Å². The summed E-state index contributed by atoms with van der Waals surface area (Å²) in [7, 11) is 0. The predicted octanol–water partition coefficient (Wildman–Crippen LogP) is 2.57. The first kappa shape index (κ1) is 18.5. The zero-order valence-corrected chi connectivity index (χ0v) is 14.6. The number of aliphatic hydroxyl groups excluding tert-OH is 1. The first-order valence-electron chi connectivity index (χ1n) is 8.27. The van der Waals surface area contributed by atoms with Crippen LogP contribution in [-0.2, 0) is 6.61 Å². The van der Waals surface area contributed by atoms with Crippen LogP contribution in [0.25, 0.3) is 11.3 Å². The average Bonchev–Trinajstić information content (AvgIpc) is 3.14. The molecule has 0 spiro atoms. The summed E-state index contributed by atoms with van der Waals surface area (Å²) in [4.78, 5) is 16.0. The Morgan fingerprint density at radius 2 is 2.07 bits per heavy atom. The molecule has 0 unspecified atom stereocenters. The minimum Gasteiger partial charge on any atom is -0.473 e. The molecule has 8 heteroatoms. The highest BCUT2D eigenvalue weighted by atomic mass is 19.1. The van der Waals surface area contributed by atoms with Gasteiger partial charge in [-0.2, -0.15) is 0 Å². The van der Waals surface area contributed by atoms with Gasteiger partial charge in [0.2, 0.25) is 5.88 Å². The van der Waals surface area contributed by atoms with E-state index in [1.165, 1.54) is 24.6 Å². The Morgan fingerprint density at radius 3 is 2.74 bits per heavy atom. The highest BCUT2D eigenvalue weighted by Gasteiger charge is 2.12. The summed E-state index contributed by atoms with van der Waals surface area (Å²) in [5.41, 5.74) is 2.31. The van der Waals surface area contributed by atoms with Gasteiger partial charge in [0.15, 0.2) is 0 Å². The summed E-state index contributed by atoms with van der Waals surface area (Å²) < 4.78 is 23.7. The Labute approximate surface area is 154 Å². The Morgan fingerprint density at radius 1 is 1.30 bits per heavy atom. The van der Waals surface area contributed by atoms with Gasteiger partial charge in [0.25, 0.3) is 5.91 Å². The van der Waals surface area contributed by atoms with Gasteiger partial charge in [0.1, 0.15) is 24.4 Å². The largest absolute Gasteiger partial charge is 0.473 e. The van der Waals surface area contributed by atoms with E-state index >= 15 is 0 Å². The predicted molar refractivity (Wildman–Crippen MR) is 94.5 cm³/mol. The molecule has 7 nitrogen and oxygen atoms in total. The number of amides is 1. The van der Waals surface area contributed by atoms with Crippen LogP contribution < -0.4 is 10.1 Å². The fourth-order valence-corrected chi connectivity index (χ4v) is 2.30. The number of carbonyl (C=O) groups is 1. The first-order valence-corrected chi connectivity index (χ1v) is 8.27. The van der Waals surface area contributed by atoms with E-state index in [1.807, 2.05) is 0 Å². The maximum Gasteiger partial charge on any atom is 0.252 e. The van der Waals surface area contributed by atoms with Crippen LogP contribution in [0.4, 0.5) is 4.39 Å². The fourth-order valence-electron chi connectivity index (χ4n) is 2.30. The summed E-state index contributed by atoms with van der Waals surface area (Å²) >= 11 is 0. The molecule has 0 saturated heterocycles. The molecule has 0 bridgehead atoms. The third-order valence-electron chi connectivity index (χ3n) is 3.69. The smallest absolute Gasteiger partial charge is 0.252 e. The van der Waals surface area contributed by atoms with E-state index in [4.69, 9.17) is 9.26 Å². The van der Waals surface area contributed by atoms with Gasteiger partial charge in [-0.3, -0.25) is 4.79 Å². The minimum atomic E-state index is -0.622.